The molecule has 5 nitrogen and oxygen atoms in total. The molecule has 1 heterocycles. The third-order valence-electron chi connectivity index (χ3n) is 2.53. The predicted molar refractivity (Wildman–Crippen MR) is 66.6 cm³/mol. The summed E-state index contributed by atoms with van der Waals surface area (Å²) in [4.78, 5) is 11.8. The number of benzene rings is 1. The summed E-state index contributed by atoms with van der Waals surface area (Å²) in [7, 11) is 0. The first-order valence-electron chi connectivity index (χ1n) is 5.59. The fourth-order valence-corrected chi connectivity index (χ4v) is 1.58. The van der Waals surface area contributed by atoms with E-state index in [-0.39, 0.29) is 0 Å². The smallest absolute Gasteiger partial charge is 0.258 e. The summed E-state index contributed by atoms with van der Waals surface area (Å²) < 4.78 is 28.3. The summed E-state index contributed by atoms with van der Waals surface area (Å²) in [6.07, 6.45) is 3.00. The molecule has 0 fully saturated rings. The molecule has 0 aliphatic rings. The molecule has 0 saturated heterocycles. The van der Waals surface area contributed by atoms with Crippen LogP contribution in [0.2, 0.25) is 0 Å². The largest absolute Gasteiger partial charge is 0.396 e. The van der Waals surface area contributed by atoms with E-state index in [1.807, 2.05) is 6.92 Å². The number of carbonyl (C=O) groups is 1. The lowest BCUT2D eigenvalue weighted by Crippen LogP contribution is -2.15. The Kier molecular flexibility index (Phi) is 3.46. The number of aromatic nitrogens is 2. The maximum absolute atomic E-state index is 13.6. The average Bonchev–Trinajstić information content (AvgIpc) is 2.81. The van der Waals surface area contributed by atoms with Crippen LogP contribution in [0.25, 0.3) is 0 Å². The molecule has 0 saturated carbocycles. The monoisotopic (exact) mass is 266 g/mol. The van der Waals surface area contributed by atoms with E-state index in [0.717, 1.165) is 12.1 Å². The molecule has 0 spiro atoms. The van der Waals surface area contributed by atoms with Gasteiger partial charge in [-0.15, -0.1) is 0 Å². The first kappa shape index (κ1) is 13.0. The number of hydrogen-bond donors (Lipinski definition) is 2. The molecule has 0 atom stereocenters. The minimum absolute atomic E-state index is 0.397. The molecule has 0 bridgehead atoms. The Morgan fingerprint density at radius 1 is 1.47 bits per heavy atom. The van der Waals surface area contributed by atoms with Gasteiger partial charge >= 0.3 is 0 Å². The van der Waals surface area contributed by atoms with Gasteiger partial charge in [0.1, 0.15) is 5.82 Å². The van der Waals surface area contributed by atoms with E-state index in [9.17, 15) is 13.6 Å². The maximum Gasteiger partial charge on any atom is 0.258 e. The fourth-order valence-electron chi connectivity index (χ4n) is 1.58. The van der Waals surface area contributed by atoms with Crippen LogP contribution in [0.4, 0.5) is 20.2 Å². The maximum atomic E-state index is 13.6. The molecule has 1 amide bonds. The molecular formula is C12H12F2N4O. The summed E-state index contributed by atoms with van der Waals surface area (Å²) in [6, 6.07) is 1.62. The van der Waals surface area contributed by atoms with Gasteiger partial charge < -0.3 is 11.1 Å². The first-order valence-corrected chi connectivity index (χ1v) is 5.59. The van der Waals surface area contributed by atoms with Crippen molar-refractivity contribution in [2.75, 3.05) is 11.1 Å². The summed E-state index contributed by atoms with van der Waals surface area (Å²) in [5.41, 5.74) is 4.81. The van der Waals surface area contributed by atoms with Crippen molar-refractivity contribution in [2.45, 2.75) is 13.5 Å². The van der Waals surface area contributed by atoms with Gasteiger partial charge in [-0.2, -0.15) is 5.10 Å². The van der Waals surface area contributed by atoms with Gasteiger partial charge in [0.15, 0.2) is 5.82 Å². The zero-order valence-electron chi connectivity index (χ0n) is 10.2. The molecule has 1 aromatic heterocycles. The molecule has 0 unspecified atom stereocenters. The lowest BCUT2D eigenvalue weighted by molar-refractivity contribution is 0.102. The molecule has 0 radical (unpaired) electrons. The zero-order valence-corrected chi connectivity index (χ0v) is 10.2. The standard InChI is InChI=1S/C12H12F2N4O/c1-2-18-6-8(5-16-18)17-12(19)9-3-7(13)4-10(15)11(9)14/h3-6H,2,15H2,1H3,(H,17,19). The Bertz CT molecular complexity index is 624. The van der Waals surface area contributed by atoms with E-state index in [0.29, 0.717) is 12.2 Å². The van der Waals surface area contributed by atoms with Crippen molar-refractivity contribution in [2.24, 2.45) is 0 Å². The van der Waals surface area contributed by atoms with Gasteiger partial charge in [-0.1, -0.05) is 0 Å². The van der Waals surface area contributed by atoms with Crippen LogP contribution in [0, 0.1) is 11.6 Å². The summed E-state index contributed by atoms with van der Waals surface area (Å²) in [5, 5.41) is 6.37. The second kappa shape index (κ2) is 5.05. The van der Waals surface area contributed by atoms with Gasteiger partial charge in [0, 0.05) is 12.7 Å². The van der Waals surface area contributed by atoms with E-state index < -0.39 is 28.8 Å². The number of rotatable bonds is 3. The van der Waals surface area contributed by atoms with Gasteiger partial charge in [0.25, 0.3) is 5.91 Å². The van der Waals surface area contributed by atoms with Gasteiger partial charge in [0.05, 0.1) is 23.1 Å². The summed E-state index contributed by atoms with van der Waals surface area (Å²) >= 11 is 0. The van der Waals surface area contributed by atoms with Crippen molar-refractivity contribution in [1.29, 1.82) is 0 Å². The highest BCUT2D eigenvalue weighted by Crippen LogP contribution is 2.18. The molecule has 2 aromatic rings. The normalized spacial score (nSPS) is 10.5. The highest BCUT2D eigenvalue weighted by Gasteiger charge is 2.16. The number of nitrogens with one attached hydrogen (secondary N) is 1. The van der Waals surface area contributed by atoms with Crippen LogP contribution in [-0.2, 0) is 6.54 Å². The zero-order chi connectivity index (χ0) is 14.0. The van der Waals surface area contributed by atoms with Crippen LogP contribution < -0.4 is 11.1 Å². The third kappa shape index (κ3) is 2.70. The molecule has 100 valence electrons. The number of anilines is 2. The molecule has 7 heteroatoms. The second-order valence-corrected chi connectivity index (χ2v) is 3.90. The Hall–Kier alpha value is -2.44. The van der Waals surface area contributed by atoms with Crippen LogP contribution in [0.5, 0.6) is 0 Å². The van der Waals surface area contributed by atoms with Crippen LogP contribution >= 0.6 is 0 Å². The van der Waals surface area contributed by atoms with Gasteiger partial charge in [-0.05, 0) is 19.1 Å². The van der Waals surface area contributed by atoms with E-state index in [2.05, 4.69) is 10.4 Å². The summed E-state index contributed by atoms with van der Waals surface area (Å²) in [5.74, 6) is -2.49. The number of amides is 1. The molecule has 1 aromatic carbocycles. The Balaban J connectivity index is 2.25. The summed E-state index contributed by atoms with van der Waals surface area (Å²) in [6.45, 7) is 2.52. The average molecular weight is 266 g/mol. The highest BCUT2D eigenvalue weighted by atomic mass is 19.1. The number of halogens is 2. The van der Waals surface area contributed by atoms with Gasteiger partial charge in [-0.25, -0.2) is 8.78 Å². The lowest BCUT2D eigenvalue weighted by atomic mass is 10.1. The van der Waals surface area contributed by atoms with Crippen molar-refractivity contribution in [3.8, 4) is 0 Å². The number of nitrogens with two attached hydrogens (primary N) is 1. The number of carbonyl (C=O) groups excluding carboxylic acids is 1. The van der Waals surface area contributed by atoms with Crippen LogP contribution in [0.1, 0.15) is 17.3 Å². The van der Waals surface area contributed by atoms with Crippen LogP contribution in [-0.4, -0.2) is 15.7 Å². The van der Waals surface area contributed by atoms with Crippen molar-refractivity contribution in [1.82, 2.24) is 9.78 Å². The first-order chi connectivity index (χ1) is 9.01. The number of hydrogen-bond acceptors (Lipinski definition) is 3. The third-order valence-corrected chi connectivity index (χ3v) is 2.53. The predicted octanol–water partition coefficient (Wildman–Crippen LogP) is 2.02. The van der Waals surface area contributed by atoms with Crippen LogP contribution in [0.3, 0.4) is 0 Å². The molecular weight excluding hydrogens is 254 g/mol. The van der Waals surface area contributed by atoms with Crippen molar-refractivity contribution >= 4 is 17.3 Å². The van der Waals surface area contributed by atoms with E-state index in [1.54, 1.807) is 10.9 Å². The number of aryl methyl sites for hydroxylation is 1. The van der Waals surface area contributed by atoms with Crippen molar-refractivity contribution in [3.05, 3.63) is 41.7 Å². The quantitative estimate of drug-likeness (QED) is 0.835. The minimum atomic E-state index is -0.943. The highest BCUT2D eigenvalue weighted by molar-refractivity contribution is 6.04. The lowest BCUT2D eigenvalue weighted by Gasteiger charge is -2.06. The second-order valence-electron chi connectivity index (χ2n) is 3.90. The SMILES string of the molecule is CCn1cc(NC(=O)c2cc(F)cc(N)c2F)cn1. The molecule has 0 aliphatic heterocycles. The molecule has 19 heavy (non-hydrogen) atoms. The van der Waals surface area contributed by atoms with Crippen LogP contribution in [0.15, 0.2) is 24.5 Å². The molecule has 0 aliphatic carbocycles. The minimum Gasteiger partial charge on any atom is -0.396 e. The Labute approximate surface area is 108 Å². The van der Waals surface area contributed by atoms with Gasteiger partial charge in [-0.3, -0.25) is 9.48 Å². The van der Waals surface area contributed by atoms with Crippen molar-refractivity contribution < 1.29 is 13.6 Å². The van der Waals surface area contributed by atoms with E-state index in [1.165, 1.54) is 6.20 Å². The number of nitrogen functional groups attached to an aromatic ring is 1. The Morgan fingerprint density at radius 3 is 2.84 bits per heavy atom. The Morgan fingerprint density at radius 2 is 2.21 bits per heavy atom. The molecule has 2 rings (SSSR count). The number of nitrogens with zero attached hydrogens (tertiary/aromatic N) is 2. The van der Waals surface area contributed by atoms with Crippen molar-refractivity contribution in [3.63, 3.8) is 0 Å². The molecule has 3 N–H and O–H groups in total. The van der Waals surface area contributed by atoms with Gasteiger partial charge in [0.2, 0.25) is 0 Å². The van der Waals surface area contributed by atoms with E-state index >= 15 is 0 Å². The van der Waals surface area contributed by atoms with E-state index in [4.69, 9.17) is 5.73 Å². The fraction of sp³-hybridized carbons (Fsp3) is 0.167. The topological polar surface area (TPSA) is 72.9 Å².